The summed E-state index contributed by atoms with van der Waals surface area (Å²) in [7, 11) is 0. The molecule has 0 radical (unpaired) electrons. The maximum absolute atomic E-state index is 14.4. The van der Waals surface area contributed by atoms with Gasteiger partial charge in [-0.2, -0.15) is 10.2 Å². The Bertz CT molecular complexity index is 2560. The highest BCUT2D eigenvalue weighted by Crippen LogP contribution is 2.44. The van der Waals surface area contributed by atoms with Gasteiger partial charge in [0.25, 0.3) is 0 Å². The van der Waals surface area contributed by atoms with Crippen molar-refractivity contribution in [1.29, 1.82) is 0 Å². The summed E-state index contributed by atoms with van der Waals surface area (Å²) < 4.78 is 35.8. The first kappa shape index (κ1) is 53.7. The summed E-state index contributed by atoms with van der Waals surface area (Å²) in [6.07, 6.45) is 14.8. The lowest BCUT2D eigenvalue weighted by atomic mass is 9.70. The van der Waals surface area contributed by atoms with Gasteiger partial charge in [0, 0.05) is 37.4 Å². The molecule has 16 nitrogen and oxygen atoms in total. The highest BCUT2D eigenvalue weighted by atomic mass is 35.5. The number of aliphatic hydroxyl groups is 1. The average molecular weight is 988 g/mol. The zero-order valence-electron chi connectivity index (χ0n) is 42.9. The van der Waals surface area contributed by atoms with Crippen LogP contribution >= 0.6 is 11.6 Å². The van der Waals surface area contributed by atoms with Crippen LogP contribution in [0.3, 0.4) is 0 Å². The maximum atomic E-state index is 14.4. The number of rotatable bonds is 12. The van der Waals surface area contributed by atoms with Crippen LogP contribution in [-0.2, 0) is 43.0 Å². The normalized spacial score (nSPS) is 21.0. The molecule has 380 valence electrons. The lowest BCUT2D eigenvalue weighted by Gasteiger charge is -2.39. The Hall–Kier alpha value is -5.68. The summed E-state index contributed by atoms with van der Waals surface area (Å²) in [6, 6.07) is 8.48. The molecule has 0 amide bonds. The monoisotopic (exact) mass is 987 g/mol. The van der Waals surface area contributed by atoms with E-state index in [0.717, 1.165) is 11.6 Å². The minimum absolute atomic E-state index is 0.0176. The van der Waals surface area contributed by atoms with Crippen molar-refractivity contribution < 1.29 is 33.3 Å². The second-order valence-corrected chi connectivity index (χ2v) is 23.1. The van der Waals surface area contributed by atoms with Crippen LogP contribution < -0.4 is 15.4 Å². The number of carbonyl (C=O) groups is 2. The standard InChI is InChI=1S/C29H37ClFN5O3.C23H35N5O3/c1-27(2,3)36-24(12-15-33-36)35-23-18-32-17-19(34-23)16-29(26(37)39-28(4,5)6)13-10-20(11-14-29)38-22-9-7-8-21(30)25(22)31;1-21(2,3)28-19(9-12-25-28)27-18-15-24-14-16(26-18)13-23(10-7-17(29)8-11-23)20(30)31-22(4,5)6/h7-9,12,15,17-18,20H,10-11,13-14,16H2,1-6H3,(H,34,35);9,12,14-15,17,29H,7-8,10-11,13H2,1-6H3,(H,26,27). The molecule has 4 heterocycles. The van der Waals surface area contributed by atoms with Crippen LogP contribution in [0, 0.1) is 16.6 Å². The van der Waals surface area contributed by atoms with Crippen molar-refractivity contribution in [3.63, 3.8) is 0 Å². The molecule has 7 rings (SSSR count). The Morgan fingerprint density at radius 1 is 0.686 bits per heavy atom. The molecule has 0 unspecified atom stereocenters. The molecule has 0 spiro atoms. The van der Waals surface area contributed by atoms with Crippen LogP contribution in [0.1, 0.15) is 146 Å². The number of aliphatic hydroxyl groups excluding tert-OH is 1. The molecule has 2 fully saturated rings. The van der Waals surface area contributed by atoms with Gasteiger partial charge in [0.1, 0.15) is 34.5 Å². The highest BCUT2D eigenvalue weighted by Gasteiger charge is 2.47. The molecule has 2 aliphatic rings. The van der Waals surface area contributed by atoms with Gasteiger partial charge in [-0.15, -0.1) is 0 Å². The van der Waals surface area contributed by atoms with E-state index in [1.165, 1.54) is 6.07 Å². The third-order valence-corrected chi connectivity index (χ3v) is 12.4. The molecule has 0 saturated heterocycles. The fourth-order valence-corrected chi connectivity index (χ4v) is 8.94. The third-order valence-electron chi connectivity index (χ3n) is 12.2. The lowest BCUT2D eigenvalue weighted by molar-refractivity contribution is -0.172. The van der Waals surface area contributed by atoms with Gasteiger partial charge in [0.05, 0.1) is 75.3 Å². The number of carbonyl (C=O) groups excluding carboxylic acids is 2. The van der Waals surface area contributed by atoms with Crippen molar-refractivity contribution >= 4 is 46.8 Å². The predicted molar refractivity (Wildman–Crippen MR) is 268 cm³/mol. The number of nitrogens with one attached hydrogen (secondary N) is 2. The highest BCUT2D eigenvalue weighted by molar-refractivity contribution is 6.30. The third kappa shape index (κ3) is 14.2. The molecule has 1 aromatic carbocycles. The number of hydrogen-bond donors (Lipinski definition) is 3. The first-order valence-electron chi connectivity index (χ1n) is 24.1. The van der Waals surface area contributed by atoms with Gasteiger partial charge < -0.3 is 30.0 Å². The molecule has 70 heavy (non-hydrogen) atoms. The Kier molecular flexibility index (Phi) is 16.4. The summed E-state index contributed by atoms with van der Waals surface area (Å²) in [6.45, 7) is 23.6. The lowest BCUT2D eigenvalue weighted by Crippen LogP contribution is -2.44. The van der Waals surface area contributed by atoms with Crippen LogP contribution in [0.15, 0.2) is 67.5 Å². The van der Waals surface area contributed by atoms with Gasteiger partial charge in [-0.25, -0.2) is 23.7 Å². The largest absolute Gasteiger partial charge is 0.487 e. The van der Waals surface area contributed by atoms with Crippen LogP contribution in [0.4, 0.5) is 27.7 Å². The van der Waals surface area contributed by atoms with Crippen molar-refractivity contribution in [3.05, 3.63) is 89.7 Å². The summed E-state index contributed by atoms with van der Waals surface area (Å²) in [5.74, 6) is 1.83. The van der Waals surface area contributed by atoms with Gasteiger partial charge in [-0.05, 0) is 147 Å². The minimum Gasteiger partial charge on any atom is -0.487 e. The molecule has 2 aliphatic carbocycles. The fourth-order valence-electron chi connectivity index (χ4n) is 8.77. The van der Waals surface area contributed by atoms with Gasteiger partial charge >= 0.3 is 11.9 Å². The van der Waals surface area contributed by atoms with E-state index in [1.807, 2.05) is 63.0 Å². The molecule has 0 aliphatic heterocycles. The van der Waals surface area contributed by atoms with E-state index in [4.69, 9.17) is 35.8 Å². The Morgan fingerprint density at radius 3 is 1.53 bits per heavy atom. The summed E-state index contributed by atoms with van der Waals surface area (Å²) >= 11 is 5.92. The van der Waals surface area contributed by atoms with Crippen molar-refractivity contribution in [2.75, 3.05) is 10.6 Å². The molecular weight excluding hydrogens is 915 g/mol. The van der Waals surface area contributed by atoms with Crippen molar-refractivity contribution in [1.82, 2.24) is 39.5 Å². The first-order valence-corrected chi connectivity index (χ1v) is 24.5. The van der Waals surface area contributed by atoms with E-state index in [1.54, 1.807) is 49.3 Å². The second-order valence-electron chi connectivity index (χ2n) is 22.7. The van der Waals surface area contributed by atoms with Gasteiger partial charge in [-0.1, -0.05) is 17.7 Å². The van der Waals surface area contributed by atoms with Crippen LogP contribution in [0.2, 0.25) is 5.02 Å². The van der Waals surface area contributed by atoms with Gasteiger partial charge in [0.2, 0.25) is 0 Å². The molecule has 4 aromatic heterocycles. The summed E-state index contributed by atoms with van der Waals surface area (Å²) in [5.41, 5.74) is -1.72. The van der Waals surface area contributed by atoms with E-state index >= 15 is 0 Å². The number of benzene rings is 1. The number of hydrogen-bond acceptors (Lipinski definition) is 14. The average Bonchev–Trinajstić information content (AvgIpc) is 3.94. The molecular formula is C52H72ClFN10O6. The summed E-state index contributed by atoms with van der Waals surface area (Å²) in [4.78, 5) is 45.0. The number of esters is 2. The molecule has 5 aromatic rings. The topological polar surface area (TPSA) is 193 Å². The van der Waals surface area contributed by atoms with Crippen LogP contribution in [-0.4, -0.2) is 80.0 Å². The predicted octanol–water partition coefficient (Wildman–Crippen LogP) is 10.8. The van der Waals surface area contributed by atoms with Crippen molar-refractivity contribution in [2.24, 2.45) is 10.8 Å². The number of ether oxygens (including phenoxy) is 3. The second kappa shape index (κ2) is 21.4. The zero-order valence-corrected chi connectivity index (χ0v) is 43.7. The van der Waals surface area contributed by atoms with Crippen LogP contribution in [0.5, 0.6) is 5.75 Å². The molecule has 2 saturated carbocycles. The van der Waals surface area contributed by atoms with E-state index in [9.17, 15) is 19.1 Å². The quantitative estimate of drug-likeness (QED) is 0.1000. The van der Waals surface area contributed by atoms with E-state index < -0.39 is 27.8 Å². The van der Waals surface area contributed by atoms with Gasteiger partial charge in [0.15, 0.2) is 11.6 Å². The minimum atomic E-state index is -0.805. The first-order chi connectivity index (χ1) is 32.6. The number of anilines is 4. The number of halogens is 2. The van der Waals surface area contributed by atoms with Gasteiger partial charge in [-0.3, -0.25) is 19.6 Å². The number of aromatic nitrogens is 8. The Morgan fingerprint density at radius 2 is 1.11 bits per heavy atom. The molecule has 3 N–H and O–H groups in total. The SMILES string of the molecule is CC(C)(C)OC(=O)C1(Cc2cncc(Nc3ccnn3C(C)(C)C)n2)CCC(O)CC1.CC(C)(C)OC(=O)C1(Cc2cncc(Nc3ccnn3C(C)(C)C)n2)CCC(Oc2cccc(Cl)c2F)CC1. The van der Waals surface area contributed by atoms with E-state index in [-0.39, 0.29) is 46.0 Å². The van der Waals surface area contributed by atoms with Crippen LogP contribution in [0.25, 0.3) is 0 Å². The smallest absolute Gasteiger partial charge is 0.312 e. The maximum Gasteiger partial charge on any atom is 0.312 e. The van der Waals surface area contributed by atoms with E-state index in [2.05, 4.69) is 72.3 Å². The summed E-state index contributed by atoms with van der Waals surface area (Å²) in [5, 5.41) is 25.4. The number of nitrogens with zero attached hydrogens (tertiary/aromatic N) is 8. The fraction of sp³-hybridized carbons (Fsp3) is 0.577. The Balaban J connectivity index is 0.000000236. The zero-order chi connectivity index (χ0) is 51.3. The Labute approximate surface area is 416 Å². The van der Waals surface area contributed by atoms with Crippen molar-refractivity contribution in [3.8, 4) is 5.75 Å². The van der Waals surface area contributed by atoms with Crippen molar-refractivity contribution in [2.45, 2.75) is 182 Å². The molecule has 0 atom stereocenters. The van der Waals surface area contributed by atoms with E-state index in [0.29, 0.717) is 87.2 Å². The molecule has 18 heteroatoms. The molecule has 0 bridgehead atoms.